The summed E-state index contributed by atoms with van der Waals surface area (Å²) in [5.41, 5.74) is 1.89. The van der Waals surface area contributed by atoms with Crippen molar-refractivity contribution in [1.82, 2.24) is 5.32 Å². The van der Waals surface area contributed by atoms with E-state index in [4.69, 9.17) is 4.74 Å². The van der Waals surface area contributed by atoms with Crippen molar-refractivity contribution in [2.75, 3.05) is 25.5 Å². The van der Waals surface area contributed by atoms with Crippen molar-refractivity contribution in [3.8, 4) is 0 Å². The zero-order valence-corrected chi connectivity index (χ0v) is 12.5. The Kier molecular flexibility index (Phi) is 5.36. The predicted molar refractivity (Wildman–Crippen MR) is 78.3 cm³/mol. The maximum atomic E-state index is 11.5. The first-order valence-electron chi connectivity index (χ1n) is 6.47. The Morgan fingerprint density at radius 2 is 1.79 bits per heavy atom. The molecule has 106 valence electrons. The van der Waals surface area contributed by atoms with E-state index in [0.717, 1.165) is 11.3 Å². The first-order valence-corrected chi connectivity index (χ1v) is 6.47. The van der Waals surface area contributed by atoms with Gasteiger partial charge < -0.3 is 15.0 Å². The second kappa shape index (κ2) is 6.57. The molecule has 4 heteroatoms. The van der Waals surface area contributed by atoms with Crippen molar-refractivity contribution in [2.45, 2.75) is 32.9 Å². The second-order valence-corrected chi connectivity index (χ2v) is 5.75. The SMILES string of the molecule is CN(C)c1ccc(CNCC(=O)OC(C)(C)C)cc1. The lowest BCUT2D eigenvalue weighted by Gasteiger charge is -2.19. The van der Waals surface area contributed by atoms with Crippen LogP contribution in [0.25, 0.3) is 0 Å². The second-order valence-electron chi connectivity index (χ2n) is 5.75. The molecule has 0 aliphatic heterocycles. The number of rotatable bonds is 5. The molecule has 0 fully saturated rings. The zero-order chi connectivity index (χ0) is 14.5. The summed E-state index contributed by atoms with van der Waals surface area (Å²) < 4.78 is 5.22. The van der Waals surface area contributed by atoms with Crippen LogP contribution in [0.15, 0.2) is 24.3 Å². The minimum Gasteiger partial charge on any atom is -0.459 e. The average molecular weight is 264 g/mol. The molecule has 0 aliphatic rings. The van der Waals surface area contributed by atoms with Gasteiger partial charge in [0.1, 0.15) is 5.60 Å². The van der Waals surface area contributed by atoms with Crippen LogP contribution in [0.3, 0.4) is 0 Å². The van der Waals surface area contributed by atoms with E-state index in [1.165, 1.54) is 0 Å². The summed E-state index contributed by atoms with van der Waals surface area (Å²) >= 11 is 0. The van der Waals surface area contributed by atoms with Gasteiger partial charge in [-0.3, -0.25) is 4.79 Å². The topological polar surface area (TPSA) is 41.6 Å². The van der Waals surface area contributed by atoms with Crippen LogP contribution >= 0.6 is 0 Å². The molecule has 0 aromatic heterocycles. The largest absolute Gasteiger partial charge is 0.459 e. The van der Waals surface area contributed by atoms with E-state index in [-0.39, 0.29) is 12.5 Å². The molecule has 0 heterocycles. The first-order chi connectivity index (χ1) is 8.78. The van der Waals surface area contributed by atoms with Crippen molar-refractivity contribution in [3.05, 3.63) is 29.8 Å². The number of hydrogen-bond acceptors (Lipinski definition) is 4. The Balaban J connectivity index is 2.35. The smallest absolute Gasteiger partial charge is 0.320 e. The number of carbonyl (C=O) groups excluding carboxylic acids is 1. The Morgan fingerprint density at radius 1 is 1.21 bits per heavy atom. The molecular formula is C15H24N2O2. The molecule has 4 nitrogen and oxygen atoms in total. The van der Waals surface area contributed by atoms with Gasteiger partial charge in [-0.2, -0.15) is 0 Å². The van der Waals surface area contributed by atoms with Crippen LogP contribution in [0.1, 0.15) is 26.3 Å². The van der Waals surface area contributed by atoms with Crippen LogP contribution in [0, 0.1) is 0 Å². The van der Waals surface area contributed by atoms with E-state index < -0.39 is 5.60 Å². The van der Waals surface area contributed by atoms with E-state index in [1.807, 2.05) is 34.9 Å². The molecule has 1 aromatic carbocycles. The van der Waals surface area contributed by atoms with Crippen LogP contribution < -0.4 is 10.2 Å². The fourth-order valence-electron chi connectivity index (χ4n) is 1.60. The summed E-state index contributed by atoms with van der Waals surface area (Å²) in [7, 11) is 4.02. The van der Waals surface area contributed by atoms with Crippen LogP contribution in [-0.2, 0) is 16.1 Å². The van der Waals surface area contributed by atoms with Crippen LogP contribution in [0.4, 0.5) is 5.69 Å². The van der Waals surface area contributed by atoms with Gasteiger partial charge in [0.2, 0.25) is 0 Å². The number of hydrogen-bond donors (Lipinski definition) is 1. The van der Waals surface area contributed by atoms with Crippen molar-refractivity contribution in [3.63, 3.8) is 0 Å². The summed E-state index contributed by atoms with van der Waals surface area (Å²) in [4.78, 5) is 13.6. The lowest BCUT2D eigenvalue weighted by molar-refractivity contribution is -0.153. The molecule has 0 spiro atoms. The number of esters is 1. The Morgan fingerprint density at radius 3 is 2.26 bits per heavy atom. The molecule has 0 radical (unpaired) electrons. The molecule has 0 aliphatic carbocycles. The minimum atomic E-state index is -0.424. The van der Waals surface area contributed by atoms with Crippen molar-refractivity contribution in [2.24, 2.45) is 0 Å². The summed E-state index contributed by atoms with van der Waals surface area (Å²) in [5, 5.41) is 3.08. The van der Waals surface area contributed by atoms with Gasteiger partial charge in [0.05, 0.1) is 6.54 Å². The highest BCUT2D eigenvalue weighted by Gasteiger charge is 2.15. The molecule has 19 heavy (non-hydrogen) atoms. The van der Waals surface area contributed by atoms with E-state index >= 15 is 0 Å². The number of ether oxygens (including phenoxy) is 1. The Bertz CT molecular complexity index is 405. The number of nitrogens with zero attached hydrogens (tertiary/aromatic N) is 1. The van der Waals surface area contributed by atoms with E-state index in [9.17, 15) is 4.79 Å². The Hall–Kier alpha value is -1.55. The maximum Gasteiger partial charge on any atom is 0.320 e. The summed E-state index contributed by atoms with van der Waals surface area (Å²) in [5.74, 6) is -0.225. The lowest BCUT2D eigenvalue weighted by Crippen LogP contribution is -2.31. The number of anilines is 1. The van der Waals surface area contributed by atoms with E-state index in [2.05, 4.69) is 34.5 Å². The monoisotopic (exact) mass is 264 g/mol. The minimum absolute atomic E-state index is 0.225. The van der Waals surface area contributed by atoms with Crippen LogP contribution in [-0.4, -0.2) is 32.2 Å². The van der Waals surface area contributed by atoms with Crippen LogP contribution in [0.2, 0.25) is 0 Å². The van der Waals surface area contributed by atoms with Crippen molar-refractivity contribution < 1.29 is 9.53 Å². The highest BCUT2D eigenvalue weighted by atomic mass is 16.6. The van der Waals surface area contributed by atoms with Gasteiger partial charge >= 0.3 is 5.97 Å². The number of benzene rings is 1. The summed E-state index contributed by atoms with van der Waals surface area (Å²) in [6.07, 6.45) is 0. The lowest BCUT2D eigenvalue weighted by atomic mass is 10.2. The van der Waals surface area contributed by atoms with Gasteiger partial charge in [0.25, 0.3) is 0 Å². The third kappa shape index (κ3) is 6.25. The normalized spacial score (nSPS) is 11.2. The predicted octanol–water partition coefficient (Wildman–Crippen LogP) is 2.18. The summed E-state index contributed by atoms with van der Waals surface area (Å²) in [6, 6.07) is 8.23. The zero-order valence-electron chi connectivity index (χ0n) is 12.5. The van der Waals surface area contributed by atoms with Gasteiger partial charge in [-0.15, -0.1) is 0 Å². The third-order valence-electron chi connectivity index (χ3n) is 2.47. The standard InChI is InChI=1S/C15H24N2O2/c1-15(2,3)19-14(18)11-16-10-12-6-8-13(9-7-12)17(4)5/h6-9,16H,10-11H2,1-5H3. The highest BCUT2D eigenvalue weighted by Crippen LogP contribution is 2.12. The molecule has 0 saturated heterocycles. The van der Waals surface area contributed by atoms with Crippen molar-refractivity contribution >= 4 is 11.7 Å². The molecule has 0 saturated carbocycles. The molecule has 0 amide bonds. The first kappa shape index (κ1) is 15.5. The molecule has 1 N–H and O–H groups in total. The molecule has 0 bridgehead atoms. The van der Waals surface area contributed by atoms with Gasteiger partial charge in [-0.25, -0.2) is 0 Å². The average Bonchev–Trinajstić information content (AvgIpc) is 2.27. The van der Waals surface area contributed by atoms with Gasteiger partial charge in [-0.1, -0.05) is 12.1 Å². The molecule has 0 unspecified atom stereocenters. The fraction of sp³-hybridized carbons (Fsp3) is 0.533. The number of carbonyl (C=O) groups is 1. The maximum absolute atomic E-state index is 11.5. The van der Waals surface area contributed by atoms with Gasteiger partial charge in [0.15, 0.2) is 0 Å². The van der Waals surface area contributed by atoms with Gasteiger partial charge in [0, 0.05) is 26.3 Å². The van der Waals surface area contributed by atoms with Crippen LogP contribution in [0.5, 0.6) is 0 Å². The molecular weight excluding hydrogens is 240 g/mol. The van der Waals surface area contributed by atoms with Crippen molar-refractivity contribution in [1.29, 1.82) is 0 Å². The quantitative estimate of drug-likeness (QED) is 0.828. The molecule has 1 rings (SSSR count). The third-order valence-corrected chi connectivity index (χ3v) is 2.47. The molecule has 1 aromatic rings. The Labute approximate surface area is 115 Å². The van der Waals surface area contributed by atoms with Gasteiger partial charge in [-0.05, 0) is 38.5 Å². The molecule has 0 atom stereocenters. The van der Waals surface area contributed by atoms with E-state index in [0.29, 0.717) is 6.54 Å². The number of nitrogens with one attached hydrogen (secondary N) is 1. The summed E-state index contributed by atoms with van der Waals surface area (Å²) in [6.45, 7) is 6.49. The van der Waals surface area contributed by atoms with E-state index in [1.54, 1.807) is 0 Å². The highest BCUT2D eigenvalue weighted by molar-refractivity contribution is 5.72. The fourth-order valence-corrected chi connectivity index (χ4v) is 1.60.